The Labute approximate surface area is 192 Å². The van der Waals surface area contributed by atoms with Crippen LogP contribution in [0.1, 0.15) is 32.4 Å². The van der Waals surface area contributed by atoms with Crippen molar-refractivity contribution in [2.75, 3.05) is 18.9 Å². The number of rotatable bonds is 8. The minimum Gasteiger partial charge on any atom is -0.492 e. The first-order valence-electron chi connectivity index (χ1n) is 10.6. The number of thioether (sulfide) groups is 1. The molecule has 0 aromatic heterocycles. The number of amides is 2. The van der Waals surface area contributed by atoms with E-state index in [4.69, 9.17) is 4.74 Å². The van der Waals surface area contributed by atoms with Crippen LogP contribution in [0.2, 0.25) is 0 Å². The predicted octanol–water partition coefficient (Wildman–Crippen LogP) is 4.58. The van der Waals surface area contributed by atoms with Gasteiger partial charge in [-0.15, -0.1) is 11.8 Å². The summed E-state index contributed by atoms with van der Waals surface area (Å²) in [6.45, 7) is 3.44. The maximum atomic E-state index is 12.5. The van der Waals surface area contributed by atoms with Gasteiger partial charge in [-0.3, -0.25) is 9.59 Å². The van der Waals surface area contributed by atoms with Crippen molar-refractivity contribution in [3.63, 3.8) is 0 Å². The molecule has 1 aliphatic heterocycles. The number of carbonyl (C=O) groups excluding carboxylic acids is 2. The minimum atomic E-state index is -0.139. The van der Waals surface area contributed by atoms with E-state index >= 15 is 0 Å². The fourth-order valence-corrected chi connectivity index (χ4v) is 4.74. The number of hydrogen-bond acceptors (Lipinski definition) is 4. The van der Waals surface area contributed by atoms with E-state index in [0.29, 0.717) is 31.0 Å². The lowest BCUT2D eigenvalue weighted by Gasteiger charge is -2.24. The molecule has 1 atom stereocenters. The fourth-order valence-electron chi connectivity index (χ4n) is 3.55. The topological polar surface area (TPSA) is 58.6 Å². The van der Waals surface area contributed by atoms with Crippen LogP contribution >= 0.6 is 11.8 Å². The second-order valence-corrected chi connectivity index (χ2v) is 8.78. The summed E-state index contributed by atoms with van der Waals surface area (Å²) >= 11 is 1.62. The van der Waals surface area contributed by atoms with Crippen LogP contribution in [0.3, 0.4) is 0 Å². The van der Waals surface area contributed by atoms with Gasteiger partial charge in [0.25, 0.3) is 5.91 Å². The summed E-state index contributed by atoms with van der Waals surface area (Å²) in [6, 6.07) is 25.3. The third-order valence-electron chi connectivity index (χ3n) is 5.30. The van der Waals surface area contributed by atoms with Crippen LogP contribution in [-0.2, 0) is 11.3 Å². The highest BCUT2D eigenvalue weighted by Gasteiger charge is 2.32. The van der Waals surface area contributed by atoms with Crippen LogP contribution in [0.4, 0.5) is 0 Å². The molecule has 0 saturated carbocycles. The molecule has 1 saturated heterocycles. The number of ether oxygens (including phenoxy) is 1. The molecule has 1 N–H and O–H groups in total. The molecule has 3 aromatic rings. The summed E-state index contributed by atoms with van der Waals surface area (Å²) in [5.41, 5.74) is 3.90. The second-order valence-electron chi connectivity index (χ2n) is 7.71. The molecular formula is C26H26N2O3S. The van der Waals surface area contributed by atoms with Crippen LogP contribution in [0.5, 0.6) is 5.75 Å². The Hall–Kier alpha value is -3.25. The first-order valence-corrected chi connectivity index (χ1v) is 11.7. The van der Waals surface area contributed by atoms with Gasteiger partial charge in [0.15, 0.2) is 0 Å². The molecule has 0 radical (unpaired) electrons. The standard InChI is InChI=1S/C26H26N2O3S/c1-19-7-13-23(14-8-19)31-16-15-27-25(30)21-9-11-22(12-10-21)26-28(24(29)18-32-26)17-20-5-3-2-4-6-20/h2-14,26H,15-18H2,1H3,(H,27,30)/t26-/m1/s1. The molecule has 164 valence electrons. The molecule has 3 aromatic carbocycles. The third kappa shape index (κ3) is 5.51. The van der Waals surface area contributed by atoms with Crippen molar-refractivity contribution in [2.45, 2.75) is 18.8 Å². The van der Waals surface area contributed by atoms with E-state index in [1.165, 1.54) is 5.56 Å². The van der Waals surface area contributed by atoms with Gasteiger partial charge in [-0.25, -0.2) is 0 Å². The largest absolute Gasteiger partial charge is 0.492 e. The molecule has 4 rings (SSSR count). The number of carbonyl (C=O) groups is 2. The van der Waals surface area contributed by atoms with Crippen molar-refractivity contribution in [2.24, 2.45) is 0 Å². The average Bonchev–Trinajstić information content (AvgIpc) is 3.18. The Morgan fingerprint density at radius 3 is 2.47 bits per heavy atom. The molecular weight excluding hydrogens is 420 g/mol. The average molecular weight is 447 g/mol. The van der Waals surface area contributed by atoms with E-state index in [0.717, 1.165) is 16.9 Å². The molecule has 0 aliphatic carbocycles. The number of aryl methyl sites for hydroxylation is 1. The normalized spacial score (nSPS) is 15.6. The van der Waals surface area contributed by atoms with Gasteiger partial charge in [0.1, 0.15) is 17.7 Å². The zero-order valence-electron chi connectivity index (χ0n) is 18.0. The molecule has 1 fully saturated rings. The van der Waals surface area contributed by atoms with Crippen LogP contribution < -0.4 is 10.1 Å². The Kier molecular flexibility index (Phi) is 7.12. The zero-order valence-corrected chi connectivity index (χ0v) is 18.8. The zero-order chi connectivity index (χ0) is 22.3. The molecule has 1 heterocycles. The van der Waals surface area contributed by atoms with Gasteiger partial charge >= 0.3 is 0 Å². The summed E-state index contributed by atoms with van der Waals surface area (Å²) in [5.74, 6) is 1.26. The number of nitrogens with zero attached hydrogens (tertiary/aromatic N) is 1. The van der Waals surface area contributed by atoms with Gasteiger partial charge in [0.05, 0.1) is 12.3 Å². The molecule has 0 spiro atoms. The summed E-state index contributed by atoms with van der Waals surface area (Å²) in [6.07, 6.45) is 0. The quantitative estimate of drug-likeness (QED) is 0.515. The number of nitrogens with one attached hydrogen (secondary N) is 1. The van der Waals surface area contributed by atoms with Crippen molar-refractivity contribution >= 4 is 23.6 Å². The SMILES string of the molecule is Cc1ccc(OCCNC(=O)c2ccc([C@H]3SCC(=O)N3Cc3ccccc3)cc2)cc1. The molecule has 0 bridgehead atoms. The van der Waals surface area contributed by atoms with Gasteiger partial charge in [0, 0.05) is 12.1 Å². The third-order valence-corrected chi connectivity index (χ3v) is 6.56. The van der Waals surface area contributed by atoms with E-state index in [1.54, 1.807) is 11.8 Å². The van der Waals surface area contributed by atoms with E-state index < -0.39 is 0 Å². The highest BCUT2D eigenvalue weighted by molar-refractivity contribution is 8.00. The molecule has 2 amide bonds. The molecule has 5 nitrogen and oxygen atoms in total. The van der Waals surface area contributed by atoms with Gasteiger partial charge in [-0.05, 0) is 42.3 Å². The maximum Gasteiger partial charge on any atom is 0.251 e. The van der Waals surface area contributed by atoms with Crippen molar-refractivity contribution in [1.82, 2.24) is 10.2 Å². The molecule has 6 heteroatoms. The Morgan fingerprint density at radius 1 is 1.03 bits per heavy atom. The van der Waals surface area contributed by atoms with Gasteiger partial charge in [-0.2, -0.15) is 0 Å². The summed E-state index contributed by atoms with van der Waals surface area (Å²) in [5, 5.41) is 2.85. The first kappa shape index (κ1) is 22.0. The highest BCUT2D eigenvalue weighted by atomic mass is 32.2. The van der Waals surface area contributed by atoms with Gasteiger partial charge in [-0.1, -0.05) is 60.2 Å². The summed E-state index contributed by atoms with van der Waals surface area (Å²) in [4.78, 5) is 26.8. The van der Waals surface area contributed by atoms with Gasteiger partial charge < -0.3 is 15.0 Å². The summed E-state index contributed by atoms with van der Waals surface area (Å²) in [7, 11) is 0. The lowest BCUT2D eigenvalue weighted by atomic mass is 10.1. The van der Waals surface area contributed by atoms with Crippen LogP contribution in [-0.4, -0.2) is 35.6 Å². The van der Waals surface area contributed by atoms with E-state index in [1.807, 2.05) is 90.7 Å². The van der Waals surface area contributed by atoms with E-state index in [-0.39, 0.29) is 17.2 Å². The van der Waals surface area contributed by atoms with Crippen molar-refractivity contribution in [3.8, 4) is 5.75 Å². The molecule has 32 heavy (non-hydrogen) atoms. The van der Waals surface area contributed by atoms with Crippen LogP contribution in [0, 0.1) is 6.92 Å². The van der Waals surface area contributed by atoms with Crippen LogP contribution in [0.15, 0.2) is 78.9 Å². The summed E-state index contributed by atoms with van der Waals surface area (Å²) < 4.78 is 5.65. The Bertz CT molecular complexity index is 1050. The number of hydrogen-bond donors (Lipinski definition) is 1. The maximum absolute atomic E-state index is 12.5. The van der Waals surface area contributed by atoms with E-state index in [2.05, 4.69) is 5.32 Å². The monoisotopic (exact) mass is 446 g/mol. The molecule has 1 aliphatic rings. The lowest BCUT2D eigenvalue weighted by molar-refractivity contribution is -0.128. The van der Waals surface area contributed by atoms with E-state index in [9.17, 15) is 9.59 Å². The predicted molar refractivity (Wildman–Crippen MR) is 128 cm³/mol. The Balaban J connectivity index is 1.31. The van der Waals surface area contributed by atoms with Crippen molar-refractivity contribution in [1.29, 1.82) is 0 Å². The molecule has 0 unspecified atom stereocenters. The smallest absolute Gasteiger partial charge is 0.251 e. The first-order chi connectivity index (χ1) is 15.6. The number of benzene rings is 3. The van der Waals surface area contributed by atoms with Crippen LogP contribution in [0.25, 0.3) is 0 Å². The van der Waals surface area contributed by atoms with Gasteiger partial charge in [0.2, 0.25) is 5.91 Å². The van der Waals surface area contributed by atoms with Crippen molar-refractivity contribution in [3.05, 3.63) is 101 Å². The van der Waals surface area contributed by atoms with Crippen molar-refractivity contribution < 1.29 is 14.3 Å². The minimum absolute atomic E-state index is 0.0391. The highest BCUT2D eigenvalue weighted by Crippen LogP contribution is 2.39. The second kappa shape index (κ2) is 10.4. The Morgan fingerprint density at radius 2 is 1.75 bits per heavy atom. The fraction of sp³-hybridized carbons (Fsp3) is 0.231. The lowest BCUT2D eigenvalue weighted by Crippen LogP contribution is -2.28.